The molecule has 2 heterocycles. The molecule has 1 aromatic carbocycles. The molecule has 1 atom stereocenters. The smallest absolute Gasteiger partial charge is 0.242 e. The number of aryl methyl sites for hydroxylation is 3. The maximum absolute atomic E-state index is 12.6. The molecule has 1 fully saturated rings. The molecule has 1 amide bonds. The third-order valence-electron chi connectivity index (χ3n) is 5.49. The van der Waals surface area contributed by atoms with Gasteiger partial charge in [0, 0.05) is 25.5 Å². The summed E-state index contributed by atoms with van der Waals surface area (Å²) < 4.78 is 7.72. The highest BCUT2D eigenvalue weighted by Crippen LogP contribution is 2.25. The van der Waals surface area contributed by atoms with Gasteiger partial charge in [-0.3, -0.25) is 4.79 Å². The maximum atomic E-state index is 12.6. The zero-order valence-electron chi connectivity index (χ0n) is 16.4. The van der Waals surface area contributed by atoms with Crippen LogP contribution >= 0.6 is 0 Å². The molecule has 1 aromatic heterocycles. The summed E-state index contributed by atoms with van der Waals surface area (Å²) in [6.07, 6.45) is 5.44. The minimum Gasteiger partial charge on any atom is -0.491 e. The average Bonchev–Trinajstić information content (AvgIpc) is 2.92. The van der Waals surface area contributed by atoms with Crippen molar-refractivity contribution in [3.8, 4) is 5.75 Å². The van der Waals surface area contributed by atoms with Crippen molar-refractivity contribution in [3.05, 3.63) is 47.5 Å². The van der Waals surface area contributed by atoms with Crippen LogP contribution in [0.1, 0.15) is 36.2 Å². The van der Waals surface area contributed by atoms with Gasteiger partial charge in [0.1, 0.15) is 30.3 Å². The standard InChI is InChI=1S/C21H29N3O3/c1-16-5-6-19(13-17(16)2)27-15-21(26)7-4-10-23(11-8-21)20(25)14-24-12-9-22-18(24)3/h5-6,9,12-13,26H,4,7-8,10-11,14-15H2,1-3H3. The summed E-state index contributed by atoms with van der Waals surface area (Å²) in [4.78, 5) is 18.6. The Morgan fingerprint density at radius 3 is 2.74 bits per heavy atom. The summed E-state index contributed by atoms with van der Waals surface area (Å²) in [5.41, 5.74) is 1.49. The fourth-order valence-corrected chi connectivity index (χ4v) is 3.41. The number of carbonyl (C=O) groups is 1. The van der Waals surface area contributed by atoms with Gasteiger partial charge in [-0.05, 0) is 63.3 Å². The third-order valence-corrected chi connectivity index (χ3v) is 5.49. The maximum Gasteiger partial charge on any atom is 0.242 e. The van der Waals surface area contributed by atoms with Gasteiger partial charge in [-0.25, -0.2) is 4.98 Å². The highest BCUT2D eigenvalue weighted by atomic mass is 16.5. The Morgan fingerprint density at radius 1 is 1.22 bits per heavy atom. The van der Waals surface area contributed by atoms with Crippen LogP contribution in [0, 0.1) is 20.8 Å². The van der Waals surface area contributed by atoms with Gasteiger partial charge in [-0.2, -0.15) is 0 Å². The first kappa shape index (κ1) is 19.4. The Balaban J connectivity index is 1.55. The molecule has 1 N–H and O–H groups in total. The summed E-state index contributed by atoms with van der Waals surface area (Å²) in [6, 6.07) is 5.96. The van der Waals surface area contributed by atoms with Crippen molar-refractivity contribution in [3.63, 3.8) is 0 Å². The van der Waals surface area contributed by atoms with Gasteiger partial charge in [-0.1, -0.05) is 6.07 Å². The first-order valence-electron chi connectivity index (χ1n) is 9.54. The van der Waals surface area contributed by atoms with Crippen molar-refractivity contribution >= 4 is 5.91 Å². The quantitative estimate of drug-likeness (QED) is 0.877. The van der Waals surface area contributed by atoms with Gasteiger partial charge in [-0.15, -0.1) is 0 Å². The third kappa shape index (κ3) is 4.89. The van der Waals surface area contributed by atoms with E-state index in [2.05, 4.69) is 11.9 Å². The molecule has 1 aliphatic rings. The van der Waals surface area contributed by atoms with Gasteiger partial charge in [0.15, 0.2) is 0 Å². The SMILES string of the molecule is Cc1ccc(OCC2(O)CCCN(C(=O)Cn3ccnc3C)CC2)cc1C. The van der Waals surface area contributed by atoms with Crippen LogP contribution in [0.3, 0.4) is 0 Å². The molecule has 2 aromatic rings. The number of rotatable bonds is 5. The van der Waals surface area contributed by atoms with E-state index in [0.717, 1.165) is 18.0 Å². The minimum absolute atomic E-state index is 0.0652. The van der Waals surface area contributed by atoms with E-state index in [-0.39, 0.29) is 12.5 Å². The largest absolute Gasteiger partial charge is 0.491 e. The lowest BCUT2D eigenvalue weighted by atomic mass is 9.96. The fourth-order valence-electron chi connectivity index (χ4n) is 3.41. The second kappa shape index (κ2) is 8.13. The lowest BCUT2D eigenvalue weighted by Gasteiger charge is -2.27. The normalized spacial score (nSPS) is 20.4. The van der Waals surface area contributed by atoms with Gasteiger partial charge < -0.3 is 19.3 Å². The van der Waals surface area contributed by atoms with Gasteiger partial charge in [0.25, 0.3) is 0 Å². The molecule has 0 saturated carbocycles. The number of amides is 1. The van der Waals surface area contributed by atoms with E-state index in [1.165, 1.54) is 11.1 Å². The summed E-state index contributed by atoms with van der Waals surface area (Å²) in [6.45, 7) is 7.75. The number of aromatic nitrogens is 2. The molecule has 146 valence electrons. The van der Waals surface area contributed by atoms with E-state index in [0.29, 0.717) is 32.5 Å². The van der Waals surface area contributed by atoms with Crippen LogP contribution in [-0.2, 0) is 11.3 Å². The molecule has 1 unspecified atom stereocenters. The van der Waals surface area contributed by atoms with E-state index in [4.69, 9.17) is 4.74 Å². The van der Waals surface area contributed by atoms with Crippen LogP contribution in [0.2, 0.25) is 0 Å². The fraction of sp³-hybridized carbons (Fsp3) is 0.524. The number of hydrogen-bond donors (Lipinski definition) is 1. The lowest BCUT2D eigenvalue weighted by Crippen LogP contribution is -2.39. The van der Waals surface area contributed by atoms with Crippen molar-refractivity contribution < 1.29 is 14.6 Å². The van der Waals surface area contributed by atoms with Crippen molar-refractivity contribution in [2.24, 2.45) is 0 Å². The number of nitrogens with zero attached hydrogens (tertiary/aromatic N) is 3. The molecule has 6 nitrogen and oxygen atoms in total. The van der Waals surface area contributed by atoms with E-state index in [1.807, 2.05) is 47.7 Å². The van der Waals surface area contributed by atoms with E-state index in [1.54, 1.807) is 6.20 Å². The number of benzene rings is 1. The van der Waals surface area contributed by atoms with Gasteiger partial charge >= 0.3 is 0 Å². The van der Waals surface area contributed by atoms with E-state index < -0.39 is 5.60 Å². The number of hydrogen-bond acceptors (Lipinski definition) is 4. The zero-order valence-corrected chi connectivity index (χ0v) is 16.4. The summed E-state index contributed by atoms with van der Waals surface area (Å²) in [5, 5.41) is 11.0. The molecule has 1 aliphatic heterocycles. The number of imidazole rings is 1. The average molecular weight is 371 g/mol. The Kier molecular flexibility index (Phi) is 5.85. The van der Waals surface area contributed by atoms with E-state index >= 15 is 0 Å². The highest BCUT2D eigenvalue weighted by molar-refractivity contribution is 5.76. The number of ether oxygens (including phenoxy) is 1. The number of aliphatic hydroxyl groups is 1. The lowest BCUT2D eigenvalue weighted by molar-refractivity contribution is -0.132. The van der Waals surface area contributed by atoms with Crippen molar-refractivity contribution in [1.82, 2.24) is 14.5 Å². The van der Waals surface area contributed by atoms with Crippen molar-refractivity contribution in [1.29, 1.82) is 0 Å². The molecule has 0 bridgehead atoms. The number of carbonyl (C=O) groups excluding carboxylic acids is 1. The Hall–Kier alpha value is -2.34. The van der Waals surface area contributed by atoms with Crippen LogP contribution in [0.15, 0.2) is 30.6 Å². The summed E-state index contributed by atoms with van der Waals surface area (Å²) >= 11 is 0. The van der Waals surface area contributed by atoms with Crippen LogP contribution in [0.25, 0.3) is 0 Å². The van der Waals surface area contributed by atoms with Gasteiger partial charge in [0.05, 0.1) is 0 Å². The molecule has 3 rings (SSSR count). The topological polar surface area (TPSA) is 67.6 Å². The highest BCUT2D eigenvalue weighted by Gasteiger charge is 2.32. The van der Waals surface area contributed by atoms with Crippen LogP contribution < -0.4 is 4.74 Å². The van der Waals surface area contributed by atoms with Gasteiger partial charge in [0.2, 0.25) is 5.91 Å². The summed E-state index contributed by atoms with van der Waals surface area (Å²) in [5.74, 6) is 1.67. The molecule has 1 saturated heterocycles. The second-order valence-corrected chi connectivity index (χ2v) is 7.60. The Bertz CT molecular complexity index is 802. The molecular weight excluding hydrogens is 342 g/mol. The zero-order chi connectivity index (χ0) is 19.4. The van der Waals surface area contributed by atoms with Crippen molar-refractivity contribution in [2.45, 2.75) is 52.2 Å². The molecule has 27 heavy (non-hydrogen) atoms. The van der Waals surface area contributed by atoms with Crippen LogP contribution in [-0.4, -0.2) is 50.8 Å². The first-order valence-corrected chi connectivity index (χ1v) is 9.54. The summed E-state index contributed by atoms with van der Waals surface area (Å²) in [7, 11) is 0. The molecule has 0 spiro atoms. The molecule has 6 heteroatoms. The Morgan fingerprint density at radius 2 is 2.04 bits per heavy atom. The molecular formula is C21H29N3O3. The molecule has 0 aliphatic carbocycles. The predicted molar refractivity (Wildman–Crippen MR) is 104 cm³/mol. The van der Waals surface area contributed by atoms with Crippen LogP contribution in [0.4, 0.5) is 0 Å². The van der Waals surface area contributed by atoms with E-state index in [9.17, 15) is 9.90 Å². The minimum atomic E-state index is -0.904. The molecule has 0 radical (unpaired) electrons. The predicted octanol–water partition coefficient (Wildman–Crippen LogP) is 2.63. The van der Waals surface area contributed by atoms with Crippen LogP contribution in [0.5, 0.6) is 5.75 Å². The second-order valence-electron chi connectivity index (χ2n) is 7.60. The monoisotopic (exact) mass is 371 g/mol. The Labute approximate surface area is 160 Å². The van der Waals surface area contributed by atoms with Crippen molar-refractivity contribution in [2.75, 3.05) is 19.7 Å². The number of likely N-dealkylation sites (tertiary alicyclic amines) is 1. The first-order chi connectivity index (χ1) is 12.9.